The van der Waals surface area contributed by atoms with Crippen molar-refractivity contribution in [1.29, 1.82) is 0 Å². The van der Waals surface area contributed by atoms with E-state index < -0.39 is 41.5 Å². The van der Waals surface area contributed by atoms with Gasteiger partial charge < -0.3 is 19.1 Å². The number of hydrogen-bond acceptors (Lipinski definition) is 6. The van der Waals surface area contributed by atoms with E-state index in [1.54, 1.807) is 20.8 Å². The Morgan fingerprint density at radius 1 is 1.27 bits per heavy atom. The molecule has 1 amide bonds. The summed E-state index contributed by atoms with van der Waals surface area (Å²) in [7, 11) is 0. The molecule has 1 aromatic carbocycles. The van der Waals surface area contributed by atoms with E-state index in [4.69, 9.17) is 14.2 Å². The quantitative estimate of drug-likeness (QED) is 0.755. The van der Waals surface area contributed by atoms with Gasteiger partial charge in [-0.15, -0.1) is 0 Å². The van der Waals surface area contributed by atoms with Crippen molar-refractivity contribution in [3.63, 3.8) is 0 Å². The number of esters is 2. The number of hydrogen-bond donors (Lipinski definition) is 0. The van der Waals surface area contributed by atoms with Crippen molar-refractivity contribution >= 4 is 23.5 Å². The Bertz CT molecular complexity index is 682. The molecule has 0 aliphatic carbocycles. The smallest absolute Gasteiger partial charge is 0.351 e. The fourth-order valence-corrected chi connectivity index (χ4v) is 2.47. The number of halogens is 1. The van der Waals surface area contributed by atoms with Gasteiger partial charge in [0.2, 0.25) is 6.10 Å². The number of benzene rings is 1. The predicted molar refractivity (Wildman–Crippen MR) is 89.9 cm³/mol. The highest BCUT2D eigenvalue weighted by Crippen LogP contribution is 2.23. The summed E-state index contributed by atoms with van der Waals surface area (Å²) in [4.78, 5) is 38.0. The molecule has 1 heterocycles. The fourth-order valence-electron chi connectivity index (χ4n) is 2.47. The highest BCUT2D eigenvalue weighted by Gasteiger charge is 2.44. The number of nitrogens with zero attached hydrogens (tertiary/aromatic N) is 1. The highest BCUT2D eigenvalue weighted by atomic mass is 19.1. The zero-order chi connectivity index (χ0) is 19.5. The molecule has 0 aromatic heterocycles. The van der Waals surface area contributed by atoms with Crippen molar-refractivity contribution < 1.29 is 33.0 Å². The van der Waals surface area contributed by atoms with Crippen molar-refractivity contribution in [2.75, 3.05) is 18.1 Å². The van der Waals surface area contributed by atoms with E-state index in [2.05, 4.69) is 0 Å². The van der Waals surface area contributed by atoms with Crippen molar-refractivity contribution in [2.45, 2.75) is 45.5 Å². The van der Waals surface area contributed by atoms with Crippen LogP contribution in [0.2, 0.25) is 0 Å². The van der Waals surface area contributed by atoms with E-state index in [0.29, 0.717) is 5.69 Å². The zero-order valence-electron chi connectivity index (χ0n) is 15.2. The number of anilines is 1. The highest BCUT2D eigenvalue weighted by molar-refractivity contribution is 6.00. The van der Waals surface area contributed by atoms with Crippen LogP contribution in [0.4, 0.5) is 10.1 Å². The summed E-state index contributed by atoms with van der Waals surface area (Å²) >= 11 is 0. The molecule has 2 rings (SSSR count). The first kappa shape index (κ1) is 19.8. The van der Waals surface area contributed by atoms with Crippen LogP contribution in [-0.4, -0.2) is 48.8 Å². The lowest BCUT2D eigenvalue weighted by atomic mass is 10.1. The van der Waals surface area contributed by atoms with Crippen molar-refractivity contribution in [3.8, 4) is 0 Å². The second-order valence-electron chi connectivity index (χ2n) is 6.82. The van der Waals surface area contributed by atoms with Gasteiger partial charge in [0.15, 0.2) is 6.10 Å². The lowest BCUT2D eigenvalue weighted by Gasteiger charge is -2.35. The SMILES string of the molecule is CC(=O)O[C@@H](C(=O)OC(C)(C)C)[C@H]1OCCN(c2ccc(F)cc2)C1=O. The second kappa shape index (κ2) is 7.82. The molecule has 1 aromatic rings. The number of morpholine rings is 1. The van der Waals surface area contributed by atoms with Gasteiger partial charge in [-0.05, 0) is 45.0 Å². The normalized spacial score (nSPS) is 19.0. The van der Waals surface area contributed by atoms with Gasteiger partial charge in [-0.25, -0.2) is 9.18 Å². The first-order valence-electron chi connectivity index (χ1n) is 8.17. The number of carbonyl (C=O) groups excluding carboxylic acids is 3. The fraction of sp³-hybridized carbons (Fsp3) is 0.500. The van der Waals surface area contributed by atoms with Crippen LogP contribution in [0.15, 0.2) is 24.3 Å². The minimum Gasteiger partial charge on any atom is -0.457 e. The molecule has 1 aliphatic rings. The van der Waals surface area contributed by atoms with Gasteiger partial charge in [0.05, 0.1) is 6.61 Å². The van der Waals surface area contributed by atoms with Crippen LogP contribution in [0.1, 0.15) is 27.7 Å². The Morgan fingerprint density at radius 3 is 2.42 bits per heavy atom. The van der Waals surface area contributed by atoms with E-state index >= 15 is 0 Å². The van der Waals surface area contributed by atoms with Crippen molar-refractivity contribution in [2.24, 2.45) is 0 Å². The van der Waals surface area contributed by atoms with E-state index in [1.807, 2.05) is 0 Å². The Kier molecular flexibility index (Phi) is 5.97. The average Bonchev–Trinajstić information content (AvgIpc) is 2.52. The van der Waals surface area contributed by atoms with Crippen LogP contribution in [0.25, 0.3) is 0 Å². The van der Waals surface area contributed by atoms with Crippen LogP contribution in [0.5, 0.6) is 0 Å². The van der Waals surface area contributed by atoms with Gasteiger partial charge >= 0.3 is 11.9 Å². The number of carbonyl (C=O) groups is 3. The molecule has 0 saturated carbocycles. The van der Waals surface area contributed by atoms with Gasteiger partial charge in [0.1, 0.15) is 11.4 Å². The summed E-state index contributed by atoms with van der Waals surface area (Å²) in [5, 5.41) is 0. The maximum absolute atomic E-state index is 13.1. The Balaban J connectivity index is 2.26. The van der Waals surface area contributed by atoms with E-state index in [1.165, 1.54) is 29.2 Å². The molecule has 26 heavy (non-hydrogen) atoms. The lowest BCUT2D eigenvalue weighted by Crippen LogP contribution is -2.56. The largest absolute Gasteiger partial charge is 0.457 e. The van der Waals surface area contributed by atoms with E-state index in [0.717, 1.165) is 6.92 Å². The summed E-state index contributed by atoms with van der Waals surface area (Å²) in [5.74, 6) is -2.61. The van der Waals surface area contributed by atoms with Gasteiger partial charge in [-0.2, -0.15) is 0 Å². The molecular weight excluding hydrogens is 345 g/mol. The molecule has 1 saturated heterocycles. The lowest BCUT2D eigenvalue weighted by molar-refractivity contribution is -0.188. The van der Waals surface area contributed by atoms with Crippen LogP contribution in [0.3, 0.4) is 0 Å². The van der Waals surface area contributed by atoms with Gasteiger partial charge in [0, 0.05) is 19.2 Å². The summed E-state index contributed by atoms with van der Waals surface area (Å²) in [6.07, 6.45) is -2.87. The minimum absolute atomic E-state index is 0.119. The first-order valence-corrected chi connectivity index (χ1v) is 8.17. The molecule has 0 N–H and O–H groups in total. The van der Waals surface area contributed by atoms with Crippen LogP contribution in [-0.2, 0) is 28.6 Å². The van der Waals surface area contributed by atoms with Crippen LogP contribution >= 0.6 is 0 Å². The predicted octanol–water partition coefficient (Wildman–Crippen LogP) is 1.83. The topological polar surface area (TPSA) is 82.1 Å². The summed E-state index contributed by atoms with van der Waals surface area (Å²) in [6, 6.07) is 5.35. The molecule has 1 fully saturated rings. The third-order valence-electron chi connectivity index (χ3n) is 3.47. The minimum atomic E-state index is -1.53. The average molecular weight is 367 g/mol. The van der Waals surface area contributed by atoms with E-state index in [9.17, 15) is 18.8 Å². The molecule has 7 nitrogen and oxygen atoms in total. The molecule has 0 spiro atoms. The summed E-state index contributed by atoms with van der Waals surface area (Å²) in [5.41, 5.74) is -0.375. The molecule has 1 aliphatic heterocycles. The maximum atomic E-state index is 13.1. The van der Waals surface area contributed by atoms with Gasteiger partial charge in [0.25, 0.3) is 5.91 Å². The maximum Gasteiger partial charge on any atom is 0.351 e. The first-order chi connectivity index (χ1) is 12.1. The number of ether oxygens (including phenoxy) is 3. The van der Waals surface area contributed by atoms with Gasteiger partial charge in [-0.1, -0.05) is 0 Å². The van der Waals surface area contributed by atoms with E-state index in [-0.39, 0.29) is 13.2 Å². The van der Waals surface area contributed by atoms with Crippen molar-refractivity contribution in [3.05, 3.63) is 30.1 Å². The van der Waals surface area contributed by atoms with Crippen LogP contribution < -0.4 is 4.90 Å². The Labute approximate surface area is 151 Å². The van der Waals surface area contributed by atoms with Crippen molar-refractivity contribution in [1.82, 2.24) is 0 Å². The molecule has 0 radical (unpaired) electrons. The summed E-state index contributed by atoms with van der Waals surface area (Å²) < 4.78 is 28.8. The third kappa shape index (κ3) is 5.01. The zero-order valence-corrected chi connectivity index (χ0v) is 15.2. The second-order valence-corrected chi connectivity index (χ2v) is 6.82. The van der Waals surface area contributed by atoms with Crippen LogP contribution in [0, 0.1) is 5.82 Å². The number of amides is 1. The monoisotopic (exact) mass is 367 g/mol. The standard InChI is InChI=1S/C18H22FNO6/c1-11(21)25-15(17(23)26-18(2,3)4)14-16(22)20(9-10-24-14)13-7-5-12(19)6-8-13/h5-8,14-15H,9-10H2,1-4H3/t14-,15-/m1/s1. The third-order valence-corrected chi connectivity index (χ3v) is 3.47. The Morgan fingerprint density at radius 2 is 1.88 bits per heavy atom. The molecule has 8 heteroatoms. The Hall–Kier alpha value is -2.48. The molecule has 142 valence electrons. The molecule has 2 atom stereocenters. The molecule has 0 bridgehead atoms. The summed E-state index contributed by atoms with van der Waals surface area (Å²) in [6.45, 7) is 6.44. The molecular formula is C18H22FNO6. The van der Waals surface area contributed by atoms with Gasteiger partial charge in [-0.3, -0.25) is 9.59 Å². The molecule has 0 unspecified atom stereocenters. The number of rotatable bonds is 4.